The highest BCUT2D eigenvalue weighted by Gasteiger charge is 2.35. The SMILES string of the molecule is O=C(Cl)CC1(c2ccc(Cl)cc2)CCCCC1. The van der Waals surface area contributed by atoms with Crippen molar-refractivity contribution >= 4 is 28.4 Å². The Hall–Kier alpha value is -0.530. The van der Waals surface area contributed by atoms with Crippen LogP contribution in [0, 0.1) is 0 Å². The molecule has 0 aromatic heterocycles. The minimum Gasteiger partial charge on any atom is -0.281 e. The lowest BCUT2D eigenvalue weighted by Crippen LogP contribution is -2.30. The van der Waals surface area contributed by atoms with Gasteiger partial charge in [-0.15, -0.1) is 0 Å². The van der Waals surface area contributed by atoms with Gasteiger partial charge in [0.25, 0.3) is 0 Å². The lowest BCUT2D eigenvalue weighted by molar-refractivity contribution is -0.113. The van der Waals surface area contributed by atoms with Gasteiger partial charge in [-0.2, -0.15) is 0 Å². The topological polar surface area (TPSA) is 17.1 Å². The Balaban J connectivity index is 2.31. The highest BCUT2D eigenvalue weighted by atomic mass is 35.5. The second kappa shape index (κ2) is 5.41. The van der Waals surface area contributed by atoms with Crippen molar-refractivity contribution in [1.29, 1.82) is 0 Å². The molecule has 17 heavy (non-hydrogen) atoms. The molecular weight excluding hydrogens is 255 g/mol. The van der Waals surface area contributed by atoms with Crippen molar-refractivity contribution in [2.24, 2.45) is 0 Å². The molecule has 0 radical (unpaired) electrons. The van der Waals surface area contributed by atoms with E-state index in [4.69, 9.17) is 23.2 Å². The molecule has 0 saturated heterocycles. The number of carbonyl (C=O) groups is 1. The zero-order chi connectivity index (χ0) is 12.3. The first-order valence-electron chi connectivity index (χ1n) is 6.07. The van der Waals surface area contributed by atoms with Gasteiger partial charge in [-0.3, -0.25) is 4.79 Å². The maximum Gasteiger partial charge on any atom is 0.222 e. The van der Waals surface area contributed by atoms with Crippen LogP contribution >= 0.6 is 23.2 Å². The predicted octanol–water partition coefficient (Wildman–Crippen LogP) is 4.70. The van der Waals surface area contributed by atoms with Crippen LogP contribution in [-0.2, 0) is 10.2 Å². The van der Waals surface area contributed by atoms with Crippen LogP contribution in [0.4, 0.5) is 0 Å². The molecule has 1 aliphatic carbocycles. The second-order valence-electron chi connectivity index (χ2n) is 4.88. The van der Waals surface area contributed by atoms with E-state index in [-0.39, 0.29) is 10.7 Å². The number of halogens is 2. The van der Waals surface area contributed by atoms with Gasteiger partial charge in [0.2, 0.25) is 5.24 Å². The summed E-state index contributed by atoms with van der Waals surface area (Å²) in [5.41, 5.74) is 1.15. The Morgan fingerprint density at radius 3 is 2.24 bits per heavy atom. The summed E-state index contributed by atoms with van der Waals surface area (Å²) in [4.78, 5) is 11.3. The van der Waals surface area contributed by atoms with E-state index in [1.54, 1.807) is 0 Å². The van der Waals surface area contributed by atoms with E-state index < -0.39 is 0 Å². The largest absolute Gasteiger partial charge is 0.281 e. The van der Waals surface area contributed by atoms with Crippen LogP contribution < -0.4 is 0 Å². The Labute approximate surface area is 112 Å². The molecule has 0 unspecified atom stereocenters. The Morgan fingerprint density at radius 2 is 1.71 bits per heavy atom. The van der Waals surface area contributed by atoms with E-state index in [9.17, 15) is 4.79 Å². The van der Waals surface area contributed by atoms with Crippen molar-refractivity contribution in [3.8, 4) is 0 Å². The molecule has 1 aliphatic rings. The zero-order valence-corrected chi connectivity index (χ0v) is 11.2. The fourth-order valence-corrected chi connectivity index (χ4v) is 3.25. The van der Waals surface area contributed by atoms with Gasteiger partial charge in [-0.1, -0.05) is 43.0 Å². The predicted molar refractivity (Wildman–Crippen MR) is 71.7 cm³/mol. The molecule has 1 aromatic rings. The summed E-state index contributed by atoms with van der Waals surface area (Å²) in [5, 5.41) is 0.499. The van der Waals surface area contributed by atoms with E-state index >= 15 is 0 Å². The Bertz CT molecular complexity index is 391. The standard InChI is InChI=1S/C14H16Cl2O/c15-12-6-4-11(5-7-12)14(10-13(16)17)8-2-1-3-9-14/h4-7H,1-3,8-10H2. The lowest BCUT2D eigenvalue weighted by atomic mass is 9.68. The molecule has 0 heterocycles. The quantitative estimate of drug-likeness (QED) is 0.728. The van der Waals surface area contributed by atoms with Gasteiger partial charge in [-0.25, -0.2) is 0 Å². The third-order valence-corrected chi connectivity index (χ3v) is 4.13. The van der Waals surface area contributed by atoms with Crippen LogP contribution in [0.25, 0.3) is 0 Å². The first-order chi connectivity index (χ1) is 8.12. The molecule has 1 nitrogen and oxygen atoms in total. The average Bonchev–Trinajstić information content (AvgIpc) is 2.30. The summed E-state index contributed by atoms with van der Waals surface area (Å²) < 4.78 is 0. The van der Waals surface area contributed by atoms with Gasteiger partial charge in [0, 0.05) is 16.9 Å². The summed E-state index contributed by atoms with van der Waals surface area (Å²) in [6.45, 7) is 0. The van der Waals surface area contributed by atoms with Gasteiger partial charge in [0.05, 0.1) is 0 Å². The van der Waals surface area contributed by atoms with Crippen molar-refractivity contribution in [1.82, 2.24) is 0 Å². The molecule has 1 aromatic carbocycles. The first kappa shape index (κ1) is 12.9. The van der Waals surface area contributed by atoms with Crippen LogP contribution in [0.5, 0.6) is 0 Å². The number of hydrogen-bond donors (Lipinski definition) is 0. The molecule has 0 N–H and O–H groups in total. The summed E-state index contributed by atoms with van der Waals surface area (Å²) >= 11 is 11.5. The maximum atomic E-state index is 11.3. The molecular formula is C14H16Cl2O. The van der Waals surface area contributed by atoms with E-state index in [1.165, 1.54) is 24.8 Å². The monoisotopic (exact) mass is 270 g/mol. The molecule has 0 spiro atoms. The van der Waals surface area contributed by atoms with Crippen LogP contribution in [0.15, 0.2) is 24.3 Å². The molecule has 0 aliphatic heterocycles. The molecule has 1 fully saturated rings. The molecule has 0 amide bonds. The molecule has 0 atom stereocenters. The Kier molecular flexibility index (Phi) is 4.11. The van der Waals surface area contributed by atoms with Crippen LogP contribution in [-0.4, -0.2) is 5.24 Å². The number of carbonyl (C=O) groups excluding carboxylic acids is 1. The van der Waals surface area contributed by atoms with Crippen LogP contribution in [0.1, 0.15) is 44.1 Å². The molecule has 92 valence electrons. The summed E-state index contributed by atoms with van der Waals surface area (Å²) in [6, 6.07) is 7.86. The maximum absolute atomic E-state index is 11.3. The smallest absolute Gasteiger partial charge is 0.222 e. The number of benzene rings is 1. The molecule has 2 rings (SSSR count). The summed E-state index contributed by atoms with van der Waals surface area (Å²) in [6.07, 6.45) is 6.14. The number of hydrogen-bond acceptors (Lipinski definition) is 1. The second-order valence-corrected chi connectivity index (χ2v) is 5.74. The van der Waals surface area contributed by atoms with Gasteiger partial charge < -0.3 is 0 Å². The summed E-state index contributed by atoms with van der Waals surface area (Å²) in [5.74, 6) is 0. The minimum atomic E-state index is -0.234. The van der Waals surface area contributed by atoms with Gasteiger partial charge in [-0.05, 0) is 42.1 Å². The molecule has 0 bridgehead atoms. The van der Waals surface area contributed by atoms with E-state index in [1.807, 2.05) is 24.3 Å². The van der Waals surface area contributed by atoms with Crippen molar-refractivity contribution in [3.63, 3.8) is 0 Å². The van der Waals surface area contributed by atoms with Gasteiger partial charge >= 0.3 is 0 Å². The van der Waals surface area contributed by atoms with Crippen LogP contribution in [0.3, 0.4) is 0 Å². The third-order valence-electron chi connectivity index (χ3n) is 3.74. The average molecular weight is 271 g/mol. The Morgan fingerprint density at radius 1 is 1.12 bits per heavy atom. The first-order valence-corrected chi connectivity index (χ1v) is 6.82. The van der Waals surface area contributed by atoms with E-state index in [0.717, 1.165) is 17.9 Å². The van der Waals surface area contributed by atoms with Crippen molar-refractivity contribution < 1.29 is 4.79 Å². The lowest BCUT2D eigenvalue weighted by Gasteiger charge is -2.37. The highest BCUT2D eigenvalue weighted by molar-refractivity contribution is 6.63. The van der Waals surface area contributed by atoms with Crippen molar-refractivity contribution in [3.05, 3.63) is 34.9 Å². The number of rotatable bonds is 3. The van der Waals surface area contributed by atoms with Crippen LogP contribution in [0.2, 0.25) is 5.02 Å². The van der Waals surface area contributed by atoms with Crippen molar-refractivity contribution in [2.45, 2.75) is 43.9 Å². The van der Waals surface area contributed by atoms with E-state index in [0.29, 0.717) is 6.42 Å². The van der Waals surface area contributed by atoms with Gasteiger partial charge in [0.15, 0.2) is 0 Å². The van der Waals surface area contributed by atoms with Crippen molar-refractivity contribution in [2.75, 3.05) is 0 Å². The van der Waals surface area contributed by atoms with Gasteiger partial charge in [0.1, 0.15) is 0 Å². The van der Waals surface area contributed by atoms with E-state index in [2.05, 4.69) is 0 Å². The fourth-order valence-electron chi connectivity index (χ4n) is 2.87. The minimum absolute atomic E-state index is 0.0539. The highest BCUT2D eigenvalue weighted by Crippen LogP contribution is 2.42. The summed E-state index contributed by atoms with van der Waals surface area (Å²) in [7, 11) is 0. The third kappa shape index (κ3) is 3.02. The molecule has 3 heteroatoms. The normalized spacial score (nSPS) is 18.9. The molecule has 1 saturated carbocycles. The fraction of sp³-hybridized carbons (Fsp3) is 0.500. The zero-order valence-electron chi connectivity index (χ0n) is 9.72.